The highest BCUT2D eigenvalue weighted by molar-refractivity contribution is 5.74. The summed E-state index contributed by atoms with van der Waals surface area (Å²) < 4.78 is 5.26. The summed E-state index contributed by atoms with van der Waals surface area (Å²) in [6, 6.07) is 17.7. The van der Waals surface area contributed by atoms with E-state index >= 15 is 0 Å². The first-order chi connectivity index (χ1) is 9.79. The molecule has 0 aromatic heterocycles. The van der Waals surface area contributed by atoms with E-state index in [0.29, 0.717) is 12.2 Å². The lowest BCUT2D eigenvalue weighted by atomic mass is 10.1. The predicted molar refractivity (Wildman–Crippen MR) is 81.6 cm³/mol. The Morgan fingerprint density at radius 3 is 2.25 bits per heavy atom. The SMILES string of the molecule is CCC=CCC(=O)Oc1ccc(-c2ccccc2)cc1. The summed E-state index contributed by atoms with van der Waals surface area (Å²) in [5.74, 6) is 0.349. The molecule has 2 nitrogen and oxygen atoms in total. The second kappa shape index (κ2) is 7.29. The predicted octanol–water partition coefficient (Wildman–Crippen LogP) is 4.62. The highest BCUT2D eigenvalue weighted by Gasteiger charge is 2.03. The Morgan fingerprint density at radius 2 is 1.60 bits per heavy atom. The lowest BCUT2D eigenvalue weighted by Crippen LogP contribution is -2.05. The minimum Gasteiger partial charge on any atom is -0.426 e. The van der Waals surface area contributed by atoms with Crippen molar-refractivity contribution in [1.29, 1.82) is 0 Å². The highest BCUT2D eigenvalue weighted by Crippen LogP contribution is 2.22. The number of allylic oxidation sites excluding steroid dienone is 1. The lowest BCUT2D eigenvalue weighted by molar-refractivity contribution is -0.133. The number of hydrogen-bond acceptors (Lipinski definition) is 2. The van der Waals surface area contributed by atoms with Gasteiger partial charge in [-0.15, -0.1) is 0 Å². The molecule has 0 aliphatic carbocycles. The van der Waals surface area contributed by atoms with E-state index in [9.17, 15) is 4.79 Å². The third-order valence-electron chi connectivity index (χ3n) is 2.88. The molecule has 0 aliphatic heterocycles. The van der Waals surface area contributed by atoms with Crippen LogP contribution in [0.4, 0.5) is 0 Å². The van der Waals surface area contributed by atoms with Gasteiger partial charge in [0, 0.05) is 0 Å². The Hall–Kier alpha value is -2.35. The fraction of sp³-hybridized carbons (Fsp3) is 0.167. The van der Waals surface area contributed by atoms with Crippen LogP contribution in [-0.2, 0) is 4.79 Å². The summed E-state index contributed by atoms with van der Waals surface area (Å²) in [6.45, 7) is 2.03. The summed E-state index contributed by atoms with van der Waals surface area (Å²) in [6.07, 6.45) is 5.04. The van der Waals surface area contributed by atoms with Crippen LogP contribution in [0, 0.1) is 0 Å². The third-order valence-corrected chi connectivity index (χ3v) is 2.88. The quantitative estimate of drug-likeness (QED) is 0.448. The van der Waals surface area contributed by atoms with Gasteiger partial charge in [0.15, 0.2) is 0 Å². The van der Waals surface area contributed by atoms with Crippen molar-refractivity contribution in [2.24, 2.45) is 0 Å². The van der Waals surface area contributed by atoms with Crippen molar-refractivity contribution in [3.05, 3.63) is 66.7 Å². The van der Waals surface area contributed by atoms with Crippen LogP contribution in [0.3, 0.4) is 0 Å². The zero-order chi connectivity index (χ0) is 14.2. The molecule has 0 aliphatic rings. The largest absolute Gasteiger partial charge is 0.426 e. The van der Waals surface area contributed by atoms with Gasteiger partial charge in [0.2, 0.25) is 0 Å². The Morgan fingerprint density at radius 1 is 0.950 bits per heavy atom. The number of benzene rings is 2. The molecule has 0 bridgehead atoms. The van der Waals surface area contributed by atoms with Gasteiger partial charge in [0.1, 0.15) is 5.75 Å². The van der Waals surface area contributed by atoms with Gasteiger partial charge in [-0.25, -0.2) is 0 Å². The average molecular weight is 266 g/mol. The van der Waals surface area contributed by atoms with Crippen LogP contribution in [0.2, 0.25) is 0 Å². The van der Waals surface area contributed by atoms with Crippen molar-refractivity contribution < 1.29 is 9.53 Å². The molecule has 2 heteroatoms. The molecule has 2 aromatic rings. The first-order valence-electron chi connectivity index (χ1n) is 6.80. The number of rotatable bonds is 5. The van der Waals surface area contributed by atoms with Gasteiger partial charge in [-0.1, -0.05) is 61.5 Å². The van der Waals surface area contributed by atoms with E-state index in [0.717, 1.165) is 17.5 Å². The van der Waals surface area contributed by atoms with Crippen molar-refractivity contribution in [2.75, 3.05) is 0 Å². The van der Waals surface area contributed by atoms with Gasteiger partial charge in [-0.2, -0.15) is 0 Å². The normalized spacial score (nSPS) is 10.7. The Kier molecular flexibility index (Phi) is 5.13. The molecule has 0 saturated heterocycles. The first-order valence-corrected chi connectivity index (χ1v) is 6.80. The van der Waals surface area contributed by atoms with Crippen molar-refractivity contribution in [3.8, 4) is 16.9 Å². The smallest absolute Gasteiger partial charge is 0.315 e. The van der Waals surface area contributed by atoms with E-state index in [2.05, 4.69) is 12.1 Å². The minimum atomic E-state index is -0.234. The second-order valence-electron chi connectivity index (χ2n) is 4.45. The summed E-state index contributed by atoms with van der Waals surface area (Å²) in [4.78, 5) is 11.6. The topological polar surface area (TPSA) is 26.3 Å². The molecule has 0 saturated carbocycles. The van der Waals surface area contributed by atoms with Gasteiger partial charge >= 0.3 is 5.97 Å². The lowest BCUT2D eigenvalue weighted by Gasteiger charge is -2.05. The number of hydrogen-bond donors (Lipinski definition) is 0. The van der Waals surface area contributed by atoms with Gasteiger partial charge in [-0.05, 0) is 29.7 Å². The van der Waals surface area contributed by atoms with E-state index in [4.69, 9.17) is 4.74 Å². The van der Waals surface area contributed by atoms with Crippen LogP contribution in [0.15, 0.2) is 66.7 Å². The number of ether oxygens (including phenoxy) is 1. The van der Waals surface area contributed by atoms with Crippen LogP contribution in [-0.4, -0.2) is 5.97 Å². The molecule has 2 rings (SSSR count). The molecule has 2 aromatic carbocycles. The molecule has 0 heterocycles. The van der Waals surface area contributed by atoms with Crippen molar-refractivity contribution in [3.63, 3.8) is 0 Å². The van der Waals surface area contributed by atoms with Crippen molar-refractivity contribution >= 4 is 5.97 Å². The van der Waals surface area contributed by atoms with Gasteiger partial charge in [-0.3, -0.25) is 4.79 Å². The molecule has 0 fully saturated rings. The summed E-state index contributed by atoms with van der Waals surface area (Å²) >= 11 is 0. The van der Waals surface area contributed by atoms with Crippen LogP contribution >= 0.6 is 0 Å². The van der Waals surface area contributed by atoms with Crippen molar-refractivity contribution in [2.45, 2.75) is 19.8 Å². The van der Waals surface area contributed by atoms with E-state index in [1.54, 1.807) is 0 Å². The van der Waals surface area contributed by atoms with Crippen LogP contribution < -0.4 is 4.74 Å². The molecule has 0 N–H and O–H groups in total. The fourth-order valence-electron chi connectivity index (χ4n) is 1.87. The maximum atomic E-state index is 11.6. The van der Waals surface area contributed by atoms with Crippen LogP contribution in [0.1, 0.15) is 19.8 Å². The van der Waals surface area contributed by atoms with Crippen molar-refractivity contribution in [1.82, 2.24) is 0 Å². The molecule has 0 spiro atoms. The molecule has 0 amide bonds. The minimum absolute atomic E-state index is 0.234. The van der Waals surface area contributed by atoms with E-state index in [1.165, 1.54) is 0 Å². The summed E-state index contributed by atoms with van der Waals surface area (Å²) in [7, 11) is 0. The van der Waals surface area contributed by atoms with E-state index in [1.807, 2.05) is 61.5 Å². The van der Waals surface area contributed by atoms with E-state index in [-0.39, 0.29) is 5.97 Å². The standard InChI is InChI=1S/C18H18O2/c1-2-3-5-10-18(19)20-17-13-11-16(12-14-17)15-8-6-4-7-9-15/h3-9,11-14H,2,10H2,1H3. The zero-order valence-electron chi connectivity index (χ0n) is 11.6. The Bertz CT molecular complexity index is 568. The fourth-order valence-corrected chi connectivity index (χ4v) is 1.87. The molecule has 0 unspecified atom stereocenters. The number of carbonyl (C=O) groups is 1. The van der Waals surface area contributed by atoms with E-state index < -0.39 is 0 Å². The van der Waals surface area contributed by atoms with Gasteiger partial charge < -0.3 is 4.74 Å². The Balaban J connectivity index is 1.98. The second-order valence-corrected chi connectivity index (χ2v) is 4.45. The maximum Gasteiger partial charge on any atom is 0.315 e. The molecule has 0 radical (unpaired) electrons. The van der Waals surface area contributed by atoms with Crippen LogP contribution in [0.5, 0.6) is 5.75 Å². The molecule has 0 atom stereocenters. The average Bonchev–Trinajstić information content (AvgIpc) is 2.49. The molecule has 20 heavy (non-hydrogen) atoms. The number of esters is 1. The first kappa shape index (κ1) is 14.1. The molecule has 102 valence electrons. The third kappa shape index (κ3) is 4.09. The summed E-state index contributed by atoms with van der Waals surface area (Å²) in [5.41, 5.74) is 2.26. The number of carbonyl (C=O) groups excluding carboxylic acids is 1. The summed E-state index contributed by atoms with van der Waals surface area (Å²) in [5, 5.41) is 0. The zero-order valence-corrected chi connectivity index (χ0v) is 11.6. The molecular weight excluding hydrogens is 248 g/mol. The maximum absolute atomic E-state index is 11.6. The van der Waals surface area contributed by atoms with Gasteiger partial charge in [0.05, 0.1) is 6.42 Å². The molecular formula is C18H18O2. The Labute approximate surface area is 119 Å². The monoisotopic (exact) mass is 266 g/mol. The van der Waals surface area contributed by atoms with Gasteiger partial charge in [0.25, 0.3) is 0 Å². The highest BCUT2D eigenvalue weighted by atomic mass is 16.5. The van der Waals surface area contributed by atoms with Crippen LogP contribution in [0.25, 0.3) is 11.1 Å².